The average Bonchev–Trinajstić information content (AvgIpc) is 2.55. The van der Waals surface area contributed by atoms with Gasteiger partial charge in [0.15, 0.2) is 0 Å². The Bertz CT molecular complexity index is 755. The molecule has 0 saturated carbocycles. The van der Waals surface area contributed by atoms with Crippen molar-refractivity contribution in [3.63, 3.8) is 0 Å². The van der Waals surface area contributed by atoms with Crippen LogP contribution in [0, 0.1) is 22.7 Å². The Morgan fingerprint density at radius 3 is 2.67 bits per heavy atom. The topological polar surface area (TPSA) is 59.6 Å². The lowest BCUT2D eigenvalue weighted by Gasteiger charge is -2.26. The van der Waals surface area contributed by atoms with Gasteiger partial charge in [-0.2, -0.15) is 10.5 Å². The third kappa shape index (κ3) is 2.72. The molecule has 0 fully saturated rings. The van der Waals surface area contributed by atoms with Crippen molar-refractivity contribution in [3.8, 4) is 12.1 Å². The Morgan fingerprint density at radius 2 is 1.86 bits per heavy atom. The highest BCUT2D eigenvalue weighted by Gasteiger charge is 2.20. The predicted octanol–water partition coefficient (Wildman–Crippen LogP) is 4.08. The molecule has 2 aromatic rings. The van der Waals surface area contributed by atoms with E-state index >= 15 is 0 Å². The largest absolute Gasteiger partial charge is 0.378 e. The summed E-state index contributed by atoms with van der Waals surface area (Å²) in [6, 6.07) is 18.1. The minimum Gasteiger partial charge on any atom is -0.378 e. The van der Waals surface area contributed by atoms with Crippen LogP contribution in [0.5, 0.6) is 0 Å². The summed E-state index contributed by atoms with van der Waals surface area (Å²) in [5.74, 6) is 1.08. The van der Waals surface area contributed by atoms with Crippen LogP contribution in [0.15, 0.2) is 47.4 Å². The van der Waals surface area contributed by atoms with Gasteiger partial charge in [0.25, 0.3) is 0 Å². The molecule has 1 atom stereocenters. The minimum absolute atomic E-state index is 0.252. The molecule has 1 N–H and O–H groups in total. The highest BCUT2D eigenvalue weighted by atomic mass is 32.2. The van der Waals surface area contributed by atoms with Gasteiger partial charge in [-0.05, 0) is 36.2 Å². The molecule has 1 unspecified atom stereocenters. The van der Waals surface area contributed by atoms with Crippen molar-refractivity contribution in [2.75, 3.05) is 11.1 Å². The Morgan fingerprint density at radius 1 is 1.05 bits per heavy atom. The van der Waals surface area contributed by atoms with E-state index in [0.717, 1.165) is 17.9 Å². The van der Waals surface area contributed by atoms with Crippen molar-refractivity contribution in [2.45, 2.75) is 17.4 Å². The molecule has 102 valence electrons. The van der Waals surface area contributed by atoms with E-state index < -0.39 is 0 Å². The van der Waals surface area contributed by atoms with Gasteiger partial charge in [-0.3, -0.25) is 0 Å². The van der Waals surface area contributed by atoms with Crippen LogP contribution in [0.4, 0.5) is 5.69 Å². The zero-order valence-electron chi connectivity index (χ0n) is 11.3. The van der Waals surface area contributed by atoms with Crippen molar-refractivity contribution in [3.05, 3.63) is 59.2 Å². The zero-order chi connectivity index (χ0) is 14.7. The van der Waals surface area contributed by atoms with Crippen molar-refractivity contribution < 1.29 is 0 Å². The van der Waals surface area contributed by atoms with E-state index in [-0.39, 0.29) is 6.04 Å². The molecule has 0 amide bonds. The van der Waals surface area contributed by atoms with Crippen LogP contribution in [0.1, 0.15) is 29.2 Å². The van der Waals surface area contributed by atoms with E-state index in [1.54, 1.807) is 12.1 Å². The second-order valence-electron chi connectivity index (χ2n) is 4.86. The maximum Gasteiger partial charge on any atom is 0.101 e. The van der Waals surface area contributed by atoms with Gasteiger partial charge in [0, 0.05) is 16.3 Å². The first kappa shape index (κ1) is 13.5. The third-order valence-electron chi connectivity index (χ3n) is 3.56. The number of rotatable bonds is 2. The summed E-state index contributed by atoms with van der Waals surface area (Å²) in [6.07, 6.45) is 1.05. The molecule has 3 rings (SSSR count). The molecule has 0 aromatic heterocycles. The number of thioether (sulfide) groups is 1. The van der Waals surface area contributed by atoms with E-state index in [0.29, 0.717) is 11.1 Å². The number of nitrogens with zero attached hydrogens (tertiary/aromatic N) is 2. The quantitative estimate of drug-likeness (QED) is 0.905. The molecule has 4 heteroatoms. The highest BCUT2D eigenvalue weighted by Crippen LogP contribution is 2.37. The van der Waals surface area contributed by atoms with E-state index in [4.69, 9.17) is 10.5 Å². The summed E-state index contributed by atoms with van der Waals surface area (Å²) < 4.78 is 0. The number of hydrogen-bond donors (Lipinski definition) is 1. The van der Waals surface area contributed by atoms with E-state index in [2.05, 4.69) is 35.7 Å². The molecule has 3 nitrogen and oxygen atoms in total. The first-order chi connectivity index (χ1) is 10.3. The standard InChI is InChI=1S/C17H13N3S/c18-10-12-5-6-14(9-13(12)11-19)20-16-7-8-21-17-4-2-1-3-15(16)17/h1-6,9,16,20H,7-8H2. The summed E-state index contributed by atoms with van der Waals surface area (Å²) in [5.41, 5.74) is 3.03. The number of fused-ring (bicyclic) bond motifs is 1. The van der Waals surface area contributed by atoms with Crippen molar-refractivity contribution in [1.82, 2.24) is 0 Å². The molecule has 0 radical (unpaired) electrons. The summed E-state index contributed by atoms with van der Waals surface area (Å²) in [4.78, 5) is 1.32. The van der Waals surface area contributed by atoms with Crippen LogP contribution < -0.4 is 5.32 Å². The number of hydrogen-bond acceptors (Lipinski definition) is 4. The smallest absolute Gasteiger partial charge is 0.101 e. The number of nitriles is 2. The molecule has 1 aliphatic heterocycles. The minimum atomic E-state index is 0.252. The fraction of sp³-hybridized carbons (Fsp3) is 0.176. The van der Waals surface area contributed by atoms with Gasteiger partial charge in [-0.25, -0.2) is 0 Å². The molecule has 0 spiro atoms. The monoisotopic (exact) mass is 291 g/mol. The van der Waals surface area contributed by atoms with Crippen molar-refractivity contribution in [1.29, 1.82) is 10.5 Å². The lowest BCUT2D eigenvalue weighted by molar-refractivity contribution is 0.728. The predicted molar refractivity (Wildman–Crippen MR) is 84.0 cm³/mol. The van der Waals surface area contributed by atoms with Crippen LogP contribution in [0.2, 0.25) is 0 Å². The fourth-order valence-electron chi connectivity index (χ4n) is 2.52. The number of benzene rings is 2. The van der Waals surface area contributed by atoms with Gasteiger partial charge in [-0.15, -0.1) is 11.8 Å². The third-order valence-corrected chi connectivity index (χ3v) is 4.68. The lowest BCUT2D eigenvalue weighted by atomic mass is 10.0. The number of anilines is 1. The van der Waals surface area contributed by atoms with Crippen LogP contribution in [0.3, 0.4) is 0 Å². The van der Waals surface area contributed by atoms with Gasteiger partial charge < -0.3 is 5.32 Å². The van der Waals surface area contributed by atoms with Gasteiger partial charge in [-0.1, -0.05) is 18.2 Å². The molecule has 0 bridgehead atoms. The van der Waals surface area contributed by atoms with Crippen LogP contribution in [-0.2, 0) is 0 Å². The van der Waals surface area contributed by atoms with Gasteiger partial charge in [0.2, 0.25) is 0 Å². The zero-order valence-corrected chi connectivity index (χ0v) is 12.2. The second kappa shape index (κ2) is 5.91. The Labute approximate surface area is 128 Å². The molecule has 21 heavy (non-hydrogen) atoms. The SMILES string of the molecule is N#Cc1ccc(NC2CCSc3ccccc32)cc1C#N. The van der Waals surface area contributed by atoms with Gasteiger partial charge in [0.05, 0.1) is 17.2 Å². The van der Waals surface area contributed by atoms with Crippen molar-refractivity contribution in [2.24, 2.45) is 0 Å². The molecule has 2 aromatic carbocycles. The summed E-state index contributed by atoms with van der Waals surface area (Å²) >= 11 is 1.88. The van der Waals surface area contributed by atoms with Crippen molar-refractivity contribution >= 4 is 17.4 Å². The molecule has 1 aliphatic rings. The highest BCUT2D eigenvalue weighted by molar-refractivity contribution is 7.99. The summed E-state index contributed by atoms with van der Waals surface area (Å²) in [6.45, 7) is 0. The first-order valence-electron chi connectivity index (χ1n) is 6.74. The summed E-state index contributed by atoms with van der Waals surface area (Å²) in [7, 11) is 0. The molecule has 1 heterocycles. The van der Waals surface area contributed by atoms with E-state index in [1.807, 2.05) is 23.9 Å². The van der Waals surface area contributed by atoms with E-state index in [9.17, 15) is 0 Å². The normalized spacial score (nSPS) is 16.4. The molecular weight excluding hydrogens is 278 g/mol. The van der Waals surface area contributed by atoms with E-state index in [1.165, 1.54) is 10.5 Å². The Hall–Kier alpha value is -2.43. The molecular formula is C17H13N3S. The maximum atomic E-state index is 9.11. The fourth-order valence-corrected chi connectivity index (χ4v) is 3.64. The molecule has 0 aliphatic carbocycles. The van der Waals surface area contributed by atoms with Crippen LogP contribution >= 0.6 is 11.8 Å². The first-order valence-corrected chi connectivity index (χ1v) is 7.73. The Kier molecular flexibility index (Phi) is 3.81. The second-order valence-corrected chi connectivity index (χ2v) is 5.99. The van der Waals surface area contributed by atoms with Crippen LogP contribution in [-0.4, -0.2) is 5.75 Å². The summed E-state index contributed by atoms with van der Waals surface area (Å²) in [5, 5.41) is 21.6. The van der Waals surface area contributed by atoms with Crippen LogP contribution in [0.25, 0.3) is 0 Å². The lowest BCUT2D eigenvalue weighted by Crippen LogP contribution is -2.16. The molecule has 0 saturated heterocycles. The van der Waals surface area contributed by atoms with Gasteiger partial charge in [0.1, 0.15) is 12.1 Å². The van der Waals surface area contributed by atoms with Gasteiger partial charge >= 0.3 is 0 Å². The number of nitrogens with one attached hydrogen (secondary N) is 1. The maximum absolute atomic E-state index is 9.11. The Balaban J connectivity index is 1.89. The average molecular weight is 291 g/mol.